The zero-order valence-electron chi connectivity index (χ0n) is 19.5. The van der Waals surface area contributed by atoms with Crippen LogP contribution in [0.2, 0.25) is 0 Å². The smallest absolute Gasteiger partial charge is 0.251 e. The number of nitrogens with zero attached hydrogens (tertiary/aromatic N) is 3. The summed E-state index contributed by atoms with van der Waals surface area (Å²) in [6.07, 6.45) is 1.99. The topological polar surface area (TPSA) is 107 Å². The molecule has 0 spiro atoms. The van der Waals surface area contributed by atoms with Crippen molar-refractivity contribution in [2.75, 3.05) is 31.5 Å². The number of benzene rings is 2. The summed E-state index contributed by atoms with van der Waals surface area (Å²) in [4.78, 5) is 26.1. The molecular weight excluding hydrogens is 474 g/mol. The Morgan fingerprint density at radius 3 is 2.56 bits per heavy atom. The molecule has 3 aromatic rings. The molecule has 0 radical (unpaired) electrons. The van der Waals surface area contributed by atoms with Crippen LogP contribution in [0.25, 0.3) is 0 Å². The molecule has 0 bridgehead atoms. The minimum atomic E-state index is -0.271. The molecule has 2 amide bonds. The molecule has 9 nitrogen and oxygen atoms in total. The molecular formula is C23H27N5O4S2. The third-order valence-electron chi connectivity index (χ3n) is 4.85. The van der Waals surface area contributed by atoms with E-state index in [2.05, 4.69) is 20.8 Å². The average Bonchev–Trinajstić information content (AvgIpc) is 3.27. The van der Waals surface area contributed by atoms with E-state index in [1.165, 1.54) is 26.0 Å². The fourth-order valence-corrected chi connectivity index (χ4v) is 4.42. The maximum Gasteiger partial charge on any atom is 0.251 e. The zero-order chi connectivity index (χ0) is 24.5. The van der Waals surface area contributed by atoms with E-state index in [0.717, 1.165) is 10.6 Å². The van der Waals surface area contributed by atoms with Crippen LogP contribution in [0, 0.1) is 0 Å². The maximum atomic E-state index is 12.6. The molecule has 2 N–H and O–H groups in total. The molecule has 0 unspecified atom stereocenters. The van der Waals surface area contributed by atoms with Crippen LogP contribution in [0.4, 0.5) is 5.69 Å². The number of hydrogen-bond donors (Lipinski definition) is 2. The van der Waals surface area contributed by atoms with Gasteiger partial charge in [-0.05, 0) is 49.6 Å². The molecule has 0 saturated heterocycles. The average molecular weight is 502 g/mol. The third kappa shape index (κ3) is 6.45. The first-order valence-electron chi connectivity index (χ1n) is 10.5. The lowest BCUT2D eigenvalue weighted by molar-refractivity contribution is -0.113. The highest BCUT2D eigenvalue weighted by molar-refractivity contribution is 7.99. The normalized spacial score (nSPS) is 10.6. The van der Waals surface area contributed by atoms with Crippen LogP contribution >= 0.6 is 23.5 Å². The van der Waals surface area contributed by atoms with Gasteiger partial charge in [0.05, 0.1) is 26.5 Å². The van der Waals surface area contributed by atoms with Gasteiger partial charge in [0.25, 0.3) is 5.91 Å². The van der Waals surface area contributed by atoms with Crippen molar-refractivity contribution >= 4 is 41.0 Å². The summed E-state index contributed by atoms with van der Waals surface area (Å²) in [5.74, 6) is 1.42. The fourth-order valence-electron chi connectivity index (χ4n) is 3.14. The van der Waals surface area contributed by atoms with E-state index in [0.29, 0.717) is 34.6 Å². The summed E-state index contributed by atoms with van der Waals surface area (Å²) in [7, 11) is 3.06. The Labute approximate surface area is 207 Å². The maximum absolute atomic E-state index is 12.6. The molecule has 2 aromatic carbocycles. The number of carbonyl (C=O) groups is 2. The van der Waals surface area contributed by atoms with Gasteiger partial charge in [0, 0.05) is 22.7 Å². The molecule has 0 aliphatic carbocycles. The van der Waals surface area contributed by atoms with Crippen LogP contribution < -0.4 is 20.1 Å². The highest BCUT2D eigenvalue weighted by Gasteiger charge is 2.16. The van der Waals surface area contributed by atoms with Crippen LogP contribution in [-0.2, 0) is 17.9 Å². The lowest BCUT2D eigenvalue weighted by Crippen LogP contribution is -2.25. The number of amides is 2. The molecule has 0 saturated carbocycles. The molecule has 180 valence electrons. The van der Waals surface area contributed by atoms with Crippen LogP contribution in [0.5, 0.6) is 11.5 Å². The largest absolute Gasteiger partial charge is 0.493 e. The fraction of sp³-hybridized carbons (Fsp3) is 0.304. The number of aromatic nitrogens is 3. The third-order valence-corrected chi connectivity index (χ3v) is 6.54. The van der Waals surface area contributed by atoms with Crippen molar-refractivity contribution in [3.63, 3.8) is 0 Å². The highest BCUT2D eigenvalue weighted by atomic mass is 32.2. The second-order valence-electron chi connectivity index (χ2n) is 6.96. The Balaban J connectivity index is 1.58. The van der Waals surface area contributed by atoms with Gasteiger partial charge in [-0.2, -0.15) is 0 Å². The van der Waals surface area contributed by atoms with Crippen molar-refractivity contribution in [2.45, 2.75) is 30.1 Å². The minimum Gasteiger partial charge on any atom is -0.493 e. The zero-order valence-corrected chi connectivity index (χ0v) is 21.1. The summed E-state index contributed by atoms with van der Waals surface area (Å²) in [6, 6.07) is 12.6. The van der Waals surface area contributed by atoms with Gasteiger partial charge in [0.2, 0.25) is 5.91 Å². The first-order valence-corrected chi connectivity index (χ1v) is 12.7. The van der Waals surface area contributed by atoms with Gasteiger partial charge in [-0.15, -0.1) is 22.0 Å². The summed E-state index contributed by atoms with van der Waals surface area (Å²) >= 11 is 2.91. The number of carbonyl (C=O) groups excluding carboxylic acids is 2. The lowest BCUT2D eigenvalue weighted by atomic mass is 10.2. The second kappa shape index (κ2) is 12.3. The van der Waals surface area contributed by atoms with Crippen LogP contribution in [-0.4, -0.2) is 52.8 Å². The Morgan fingerprint density at radius 2 is 1.85 bits per heavy atom. The Morgan fingerprint density at radius 1 is 1.06 bits per heavy atom. The van der Waals surface area contributed by atoms with Crippen molar-refractivity contribution in [2.24, 2.45) is 0 Å². The van der Waals surface area contributed by atoms with Gasteiger partial charge < -0.3 is 24.7 Å². The van der Waals surface area contributed by atoms with Crippen LogP contribution in [0.3, 0.4) is 0 Å². The quantitative estimate of drug-likeness (QED) is 0.383. The molecule has 0 aliphatic rings. The number of thioether (sulfide) groups is 2. The second-order valence-corrected chi connectivity index (χ2v) is 8.79. The minimum absolute atomic E-state index is 0.128. The Hall–Kier alpha value is -3.18. The van der Waals surface area contributed by atoms with Crippen molar-refractivity contribution in [1.29, 1.82) is 0 Å². The lowest BCUT2D eigenvalue weighted by Gasteiger charge is -2.11. The van der Waals surface area contributed by atoms with Gasteiger partial charge in [0.1, 0.15) is 0 Å². The molecule has 3 rings (SSSR count). The molecule has 0 aliphatic heterocycles. The number of methoxy groups -OCH3 is 2. The molecule has 1 heterocycles. The molecule has 11 heteroatoms. The first-order chi connectivity index (χ1) is 16.5. The van der Waals surface area contributed by atoms with Crippen LogP contribution in [0.15, 0.2) is 52.5 Å². The van der Waals surface area contributed by atoms with Gasteiger partial charge in [0.15, 0.2) is 22.5 Å². The van der Waals surface area contributed by atoms with E-state index in [9.17, 15) is 9.59 Å². The predicted molar refractivity (Wildman–Crippen MR) is 134 cm³/mol. The van der Waals surface area contributed by atoms with Crippen molar-refractivity contribution in [3.05, 3.63) is 53.9 Å². The van der Waals surface area contributed by atoms with E-state index >= 15 is 0 Å². The number of ether oxygens (including phenoxy) is 2. The number of hydrogen-bond acceptors (Lipinski definition) is 8. The van der Waals surface area contributed by atoms with E-state index in [4.69, 9.17) is 9.47 Å². The molecule has 0 fully saturated rings. The Kier molecular flexibility index (Phi) is 9.23. The monoisotopic (exact) mass is 501 g/mol. The number of anilines is 1. The molecule has 1 aromatic heterocycles. The van der Waals surface area contributed by atoms with Gasteiger partial charge in [-0.25, -0.2) is 0 Å². The van der Waals surface area contributed by atoms with E-state index in [-0.39, 0.29) is 24.1 Å². The predicted octanol–water partition coefficient (Wildman–Crippen LogP) is 3.70. The highest BCUT2D eigenvalue weighted by Crippen LogP contribution is 2.27. The SMILES string of the molecule is CCn1c(CNC(=O)c2ccc(OC)c(OC)c2)nnc1SCC(=O)Nc1cccc(SC)c1. The summed E-state index contributed by atoms with van der Waals surface area (Å²) in [5.41, 5.74) is 1.20. The Bertz CT molecular complexity index is 1150. The van der Waals surface area contributed by atoms with Crippen molar-refractivity contribution in [3.8, 4) is 11.5 Å². The standard InChI is InChI=1S/C23H27N5O4S2/c1-5-28-20(13-24-22(30)15-9-10-18(31-2)19(11-15)32-3)26-27-23(28)34-14-21(29)25-16-7-6-8-17(12-16)33-4/h6-12H,5,13-14H2,1-4H3,(H,24,30)(H,25,29). The van der Waals surface area contributed by atoms with Gasteiger partial charge in [-0.3, -0.25) is 9.59 Å². The summed E-state index contributed by atoms with van der Waals surface area (Å²) in [6.45, 7) is 2.76. The van der Waals surface area contributed by atoms with E-state index < -0.39 is 0 Å². The van der Waals surface area contributed by atoms with Gasteiger partial charge >= 0.3 is 0 Å². The number of nitrogens with one attached hydrogen (secondary N) is 2. The summed E-state index contributed by atoms with van der Waals surface area (Å²) < 4.78 is 12.3. The molecule has 0 atom stereocenters. The molecule has 34 heavy (non-hydrogen) atoms. The van der Waals surface area contributed by atoms with E-state index in [1.54, 1.807) is 30.0 Å². The summed E-state index contributed by atoms with van der Waals surface area (Å²) in [5, 5.41) is 14.8. The van der Waals surface area contributed by atoms with Crippen molar-refractivity contribution < 1.29 is 19.1 Å². The van der Waals surface area contributed by atoms with Gasteiger partial charge in [-0.1, -0.05) is 17.8 Å². The van der Waals surface area contributed by atoms with Crippen molar-refractivity contribution in [1.82, 2.24) is 20.1 Å². The van der Waals surface area contributed by atoms with Crippen LogP contribution in [0.1, 0.15) is 23.1 Å². The van der Waals surface area contributed by atoms with E-state index in [1.807, 2.05) is 42.0 Å². The first kappa shape index (κ1) is 25.4. The number of rotatable bonds is 11.